The molecular formula is C20H31N3O3. The lowest BCUT2D eigenvalue weighted by Gasteiger charge is -2.39. The number of hydrogen-bond donors (Lipinski definition) is 2. The number of nitrogens with zero attached hydrogens (tertiary/aromatic N) is 2. The zero-order valence-electron chi connectivity index (χ0n) is 16.0. The van der Waals surface area contributed by atoms with Gasteiger partial charge in [-0.2, -0.15) is 0 Å². The van der Waals surface area contributed by atoms with Crippen LogP contribution in [0, 0.1) is 11.8 Å². The molecule has 1 fully saturated rings. The number of aliphatic carboxylic acids is 1. The predicted octanol–water partition coefficient (Wildman–Crippen LogP) is 3.04. The summed E-state index contributed by atoms with van der Waals surface area (Å²) in [7, 11) is 2.05. The van der Waals surface area contributed by atoms with Crippen LogP contribution in [0.1, 0.15) is 33.1 Å². The van der Waals surface area contributed by atoms with Gasteiger partial charge in [0.05, 0.1) is 0 Å². The van der Waals surface area contributed by atoms with Crippen molar-refractivity contribution in [1.29, 1.82) is 0 Å². The molecule has 0 saturated carbocycles. The van der Waals surface area contributed by atoms with Gasteiger partial charge < -0.3 is 20.2 Å². The molecule has 1 aromatic carbocycles. The molecule has 1 aliphatic heterocycles. The van der Waals surface area contributed by atoms with Crippen molar-refractivity contribution in [2.45, 2.75) is 39.2 Å². The van der Waals surface area contributed by atoms with Gasteiger partial charge >= 0.3 is 12.0 Å². The number of urea groups is 1. The quantitative estimate of drug-likeness (QED) is 0.783. The summed E-state index contributed by atoms with van der Waals surface area (Å²) < 4.78 is 0. The summed E-state index contributed by atoms with van der Waals surface area (Å²) in [4.78, 5) is 27.6. The lowest BCUT2D eigenvalue weighted by atomic mass is 9.81. The number of amides is 2. The van der Waals surface area contributed by atoms with Crippen molar-refractivity contribution in [1.82, 2.24) is 10.2 Å². The lowest BCUT2D eigenvalue weighted by Crippen LogP contribution is -2.50. The minimum atomic E-state index is -0.753. The highest BCUT2D eigenvalue weighted by Crippen LogP contribution is 2.30. The number of hydrogen-bond acceptors (Lipinski definition) is 3. The minimum absolute atomic E-state index is 0.0461. The number of rotatable bonds is 7. The molecule has 6 nitrogen and oxygen atoms in total. The second-order valence-electron chi connectivity index (χ2n) is 7.50. The SMILES string of the molecule is CC(C)NC(=O)N1CCC(CC(=O)O)C(CCN(C)c2ccccc2)C1. The van der Waals surface area contributed by atoms with E-state index in [0.29, 0.717) is 13.1 Å². The molecule has 2 rings (SSSR count). The van der Waals surface area contributed by atoms with Crippen LogP contribution in [-0.2, 0) is 4.79 Å². The van der Waals surface area contributed by atoms with Gasteiger partial charge in [-0.1, -0.05) is 18.2 Å². The normalized spacial score (nSPS) is 20.1. The standard InChI is InChI=1S/C20H31N3O3/c1-15(2)21-20(26)23-12-10-16(13-19(24)25)17(14-23)9-11-22(3)18-7-5-4-6-8-18/h4-8,15-17H,9-14H2,1-3H3,(H,21,26)(H,24,25). The van der Waals surface area contributed by atoms with Crippen molar-refractivity contribution >= 4 is 17.7 Å². The summed E-state index contributed by atoms with van der Waals surface area (Å²) in [5, 5.41) is 12.2. The third-order valence-corrected chi connectivity index (χ3v) is 5.06. The molecule has 2 atom stereocenters. The minimum Gasteiger partial charge on any atom is -0.481 e. The van der Waals surface area contributed by atoms with Gasteiger partial charge in [0.15, 0.2) is 0 Å². The second kappa shape index (κ2) is 9.46. The van der Waals surface area contributed by atoms with Crippen LogP contribution in [0.25, 0.3) is 0 Å². The van der Waals surface area contributed by atoms with E-state index >= 15 is 0 Å². The zero-order chi connectivity index (χ0) is 19.1. The van der Waals surface area contributed by atoms with Gasteiger partial charge in [0, 0.05) is 44.8 Å². The van der Waals surface area contributed by atoms with Gasteiger partial charge in [-0.05, 0) is 50.7 Å². The molecule has 1 aromatic rings. The number of likely N-dealkylation sites (tertiary alicyclic amines) is 1. The molecule has 1 saturated heterocycles. The number of piperidine rings is 1. The first-order valence-corrected chi connectivity index (χ1v) is 9.40. The fraction of sp³-hybridized carbons (Fsp3) is 0.600. The van der Waals surface area contributed by atoms with Crippen molar-refractivity contribution in [3.63, 3.8) is 0 Å². The number of carboxylic acids is 1. The van der Waals surface area contributed by atoms with E-state index in [4.69, 9.17) is 0 Å². The molecule has 6 heteroatoms. The summed E-state index contributed by atoms with van der Waals surface area (Å²) >= 11 is 0. The number of carbonyl (C=O) groups excluding carboxylic acids is 1. The summed E-state index contributed by atoms with van der Waals surface area (Å²) in [5.41, 5.74) is 1.15. The molecule has 0 bridgehead atoms. The molecule has 1 heterocycles. The number of anilines is 1. The summed E-state index contributed by atoms with van der Waals surface area (Å²) in [6, 6.07) is 10.2. The van der Waals surface area contributed by atoms with Gasteiger partial charge in [0.1, 0.15) is 0 Å². The van der Waals surface area contributed by atoms with E-state index in [-0.39, 0.29) is 30.3 Å². The van der Waals surface area contributed by atoms with Gasteiger partial charge in [-0.15, -0.1) is 0 Å². The highest BCUT2D eigenvalue weighted by molar-refractivity contribution is 5.74. The maximum Gasteiger partial charge on any atom is 0.317 e. The Hall–Kier alpha value is -2.24. The first-order chi connectivity index (χ1) is 12.4. The van der Waals surface area contributed by atoms with Gasteiger partial charge in [-0.3, -0.25) is 4.79 Å². The van der Waals surface area contributed by atoms with E-state index in [1.165, 1.54) is 0 Å². The molecule has 0 aromatic heterocycles. The van der Waals surface area contributed by atoms with Gasteiger partial charge in [0.2, 0.25) is 0 Å². The van der Waals surface area contributed by atoms with Gasteiger partial charge in [0.25, 0.3) is 0 Å². The predicted molar refractivity (Wildman–Crippen MR) is 103 cm³/mol. The Kier molecular flexibility index (Phi) is 7.30. The molecule has 0 aliphatic carbocycles. The summed E-state index contributed by atoms with van der Waals surface area (Å²) in [6.45, 7) is 5.98. The lowest BCUT2D eigenvalue weighted by molar-refractivity contribution is -0.139. The average molecular weight is 361 g/mol. The van der Waals surface area contributed by atoms with Crippen molar-refractivity contribution in [2.24, 2.45) is 11.8 Å². The molecule has 26 heavy (non-hydrogen) atoms. The van der Waals surface area contributed by atoms with E-state index < -0.39 is 5.97 Å². The highest BCUT2D eigenvalue weighted by atomic mass is 16.4. The van der Waals surface area contributed by atoms with E-state index in [1.807, 2.05) is 44.0 Å². The van der Waals surface area contributed by atoms with Crippen LogP contribution in [0.2, 0.25) is 0 Å². The van der Waals surface area contributed by atoms with E-state index in [0.717, 1.165) is 25.1 Å². The molecule has 0 radical (unpaired) electrons. The number of carboxylic acid groups (broad SMARTS) is 1. The second-order valence-corrected chi connectivity index (χ2v) is 7.50. The number of para-hydroxylation sites is 1. The van der Waals surface area contributed by atoms with Crippen LogP contribution in [0.15, 0.2) is 30.3 Å². The van der Waals surface area contributed by atoms with Crippen LogP contribution in [0.3, 0.4) is 0 Å². The Bertz CT molecular complexity index is 591. The van der Waals surface area contributed by atoms with Crippen LogP contribution in [0.5, 0.6) is 0 Å². The molecular weight excluding hydrogens is 330 g/mol. The maximum absolute atomic E-state index is 12.3. The van der Waals surface area contributed by atoms with E-state index in [1.54, 1.807) is 0 Å². The number of carbonyl (C=O) groups is 2. The Morgan fingerprint density at radius 1 is 1.27 bits per heavy atom. The largest absolute Gasteiger partial charge is 0.481 e. The Labute approximate surface area is 156 Å². The maximum atomic E-state index is 12.3. The molecule has 2 amide bonds. The first-order valence-electron chi connectivity index (χ1n) is 9.40. The molecule has 0 spiro atoms. The van der Waals surface area contributed by atoms with Crippen LogP contribution in [0.4, 0.5) is 10.5 Å². The molecule has 2 N–H and O–H groups in total. The average Bonchev–Trinajstić information content (AvgIpc) is 2.60. The molecule has 2 unspecified atom stereocenters. The summed E-state index contributed by atoms with van der Waals surface area (Å²) in [5.74, 6) is -0.430. The fourth-order valence-electron chi connectivity index (χ4n) is 3.59. The van der Waals surface area contributed by atoms with Crippen molar-refractivity contribution in [3.8, 4) is 0 Å². The molecule has 144 valence electrons. The third-order valence-electron chi connectivity index (χ3n) is 5.06. The third kappa shape index (κ3) is 5.93. The Morgan fingerprint density at radius 2 is 1.96 bits per heavy atom. The van der Waals surface area contributed by atoms with Crippen LogP contribution >= 0.6 is 0 Å². The Balaban J connectivity index is 1.98. The molecule has 1 aliphatic rings. The highest BCUT2D eigenvalue weighted by Gasteiger charge is 2.32. The monoisotopic (exact) mass is 361 g/mol. The van der Waals surface area contributed by atoms with Crippen molar-refractivity contribution in [3.05, 3.63) is 30.3 Å². The van der Waals surface area contributed by atoms with Crippen LogP contribution < -0.4 is 10.2 Å². The first kappa shape index (κ1) is 20.1. The Morgan fingerprint density at radius 3 is 2.58 bits per heavy atom. The van der Waals surface area contributed by atoms with E-state index in [2.05, 4.69) is 22.3 Å². The summed E-state index contributed by atoms with van der Waals surface area (Å²) in [6.07, 6.45) is 1.80. The number of benzene rings is 1. The zero-order valence-corrected chi connectivity index (χ0v) is 16.0. The topological polar surface area (TPSA) is 72.9 Å². The van der Waals surface area contributed by atoms with Crippen molar-refractivity contribution < 1.29 is 14.7 Å². The fourth-order valence-corrected chi connectivity index (χ4v) is 3.59. The van der Waals surface area contributed by atoms with Gasteiger partial charge in [-0.25, -0.2) is 4.79 Å². The van der Waals surface area contributed by atoms with Crippen LogP contribution in [-0.4, -0.2) is 54.7 Å². The van der Waals surface area contributed by atoms with Crippen molar-refractivity contribution in [2.75, 3.05) is 31.6 Å². The van der Waals surface area contributed by atoms with E-state index in [9.17, 15) is 14.7 Å². The smallest absolute Gasteiger partial charge is 0.317 e. The number of nitrogens with one attached hydrogen (secondary N) is 1.